The van der Waals surface area contributed by atoms with E-state index in [9.17, 15) is 9.59 Å². The molecule has 1 aromatic carbocycles. The fourth-order valence-electron chi connectivity index (χ4n) is 1.94. The fraction of sp³-hybridized carbons (Fsp3) is 0.467. The lowest BCUT2D eigenvalue weighted by Gasteiger charge is -2.21. The summed E-state index contributed by atoms with van der Waals surface area (Å²) in [7, 11) is 0. The molecule has 0 aliphatic rings. The third kappa shape index (κ3) is 5.56. The van der Waals surface area contributed by atoms with Crippen molar-refractivity contribution in [3.05, 3.63) is 28.2 Å². The molecule has 0 aromatic heterocycles. The first kappa shape index (κ1) is 17.8. The number of nitrogens with zero attached hydrogens (tertiary/aromatic N) is 1. The molecule has 2 amide bonds. The summed E-state index contributed by atoms with van der Waals surface area (Å²) in [4.78, 5) is 25.7. The van der Waals surface area contributed by atoms with Crippen molar-refractivity contribution in [1.82, 2.24) is 4.90 Å². The summed E-state index contributed by atoms with van der Waals surface area (Å²) >= 11 is 11.9. The van der Waals surface area contributed by atoms with Crippen LogP contribution in [0, 0.1) is 0 Å². The molecule has 116 valence electrons. The van der Waals surface area contributed by atoms with Crippen LogP contribution in [0.2, 0.25) is 10.0 Å². The summed E-state index contributed by atoms with van der Waals surface area (Å²) in [5.41, 5.74) is 0.416. The lowest BCUT2D eigenvalue weighted by atomic mass is 10.2. The van der Waals surface area contributed by atoms with Gasteiger partial charge in [-0.05, 0) is 25.0 Å². The SMILES string of the molecule is CCCN(CCC)C(=O)CC(=O)Nc1cccc(Cl)c1Cl. The van der Waals surface area contributed by atoms with Crippen LogP contribution < -0.4 is 5.32 Å². The van der Waals surface area contributed by atoms with Crippen LogP contribution in [0.3, 0.4) is 0 Å². The van der Waals surface area contributed by atoms with Crippen molar-refractivity contribution in [3.63, 3.8) is 0 Å². The summed E-state index contributed by atoms with van der Waals surface area (Å²) in [6, 6.07) is 4.97. The number of halogens is 2. The van der Waals surface area contributed by atoms with Crippen molar-refractivity contribution in [3.8, 4) is 0 Å². The predicted molar refractivity (Wildman–Crippen MR) is 86.9 cm³/mol. The quantitative estimate of drug-likeness (QED) is 0.769. The van der Waals surface area contributed by atoms with E-state index in [1.165, 1.54) is 0 Å². The van der Waals surface area contributed by atoms with Crippen LogP contribution >= 0.6 is 23.2 Å². The average molecular weight is 331 g/mol. The Morgan fingerprint density at radius 1 is 1.14 bits per heavy atom. The van der Waals surface area contributed by atoms with Gasteiger partial charge < -0.3 is 10.2 Å². The summed E-state index contributed by atoms with van der Waals surface area (Å²) in [6.45, 7) is 5.33. The second-order valence-corrected chi connectivity index (χ2v) is 5.49. The number of nitrogens with one attached hydrogen (secondary N) is 1. The molecule has 1 N–H and O–H groups in total. The highest BCUT2D eigenvalue weighted by atomic mass is 35.5. The molecule has 0 atom stereocenters. The zero-order chi connectivity index (χ0) is 15.8. The lowest BCUT2D eigenvalue weighted by Crippen LogP contribution is -2.35. The van der Waals surface area contributed by atoms with Crippen molar-refractivity contribution in [2.75, 3.05) is 18.4 Å². The van der Waals surface area contributed by atoms with Crippen LogP contribution in [0.5, 0.6) is 0 Å². The summed E-state index contributed by atoms with van der Waals surface area (Å²) in [5, 5.41) is 3.26. The van der Waals surface area contributed by atoms with Gasteiger partial charge >= 0.3 is 0 Å². The molecule has 0 fully saturated rings. The van der Waals surface area contributed by atoms with Gasteiger partial charge in [0.15, 0.2) is 0 Å². The maximum atomic E-state index is 12.1. The van der Waals surface area contributed by atoms with E-state index in [0.29, 0.717) is 23.8 Å². The summed E-state index contributed by atoms with van der Waals surface area (Å²) in [5.74, 6) is -0.560. The largest absolute Gasteiger partial charge is 0.342 e. The van der Waals surface area contributed by atoms with Crippen LogP contribution in [0.25, 0.3) is 0 Å². The second-order valence-electron chi connectivity index (χ2n) is 4.71. The highest BCUT2D eigenvalue weighted by Crippen LogP contribution is 2.29. The number of benzene rings is 1. The predicted octanol–water partition coefficient (Wildman–Crippen LogP) is 3.97. The zero-order valence-electron chi connectivity index (χ0n) is 12.3. The van der Waals surface area contributed by atoms with Gasteiger partial charge in [-0.15, -0.1) is 0 Å². The minimum absolute atomic E-state index is 0.172. The van der Waals surface area contributed by atoms with E-state index in [2.05, 4.69) is 5.32 Å². The van der Waals surface area contributed by atoms with Gasteiger partial charge in [-0.2, -0.15) is 0 Å². The molecule has 0 unspecified atom stereocenters. The maximum absolute atomic E-state index is 12.1. The van der Waals surface area contributed by atoms with E-state index in [4.69, 9.17) is 23.2 Å². The Balaban J connectivity index is 2.64. The Morgan fingerprint density at radius 2 is 1.76 bits per heavy atom. The van der Waals surface area contributed by atoms with Gasteiger partial charge in [0.1, 0.15) is 6.42 Å². The van der Waals surface area contributed by atoms with Crippen LogP contribution in [0.15, 0.2) is 18.2 Å². The van der Waals surface area contributed by atoms with Crippen LogP contribution in [-0.4, -0.2) is 29.8 Å². The number of anilines is 1. The van der Waals surface area contributed by atoms with Crippen LogP contribution in [0.1, 0.15) is 33.1 Å². The van der Waals surface area contributed by atoms with Gasteiger partial charge in [0, 0.05) is 13.1 Å². The Kier molecular flexibility index (Phi) is 7.54. The number of carbonyl (C=O) groups excluding carboxylic acids is 2. The Morgan fingerprint density at radius 3 is 2.33 bits per heavy atom. The van der Waals surface area contributed by atoms with Crippen molar-refractivity contribution >= 4 is 40.7 Å². The molecule has 21 heavy (non-hydrogen) atoms. The first-order valence-corrected chi connectivity index (χ1v) is 7.76. The average Bonchev–Trinajstić information content (AvgIpc) is 2.43. The summed E-state index contributed by atoms with van der Waals surface area (Å²) in [6.07, 6.45) is 1.55. The number of amides is 2. The molecule has 4 nitrogen and oxygen atoms in total. The number of hydrogen-bond donors (Lipinski definition) is 1. The molecule has 0 aliphatic carbocycles. The van der Waals surface area contributed by atoms with E-state index < -0.39 is 0 Å². The standard InChI is InChI=1S/C15H20Cl2N2O2/c1-3-8-19(9-4-2)14(21)10-13(20)18-12-7-5-6-11(16)15(12)17/h5-7H,3-4,8-10H2,1-2H3,(H,18,20). The molecule has 0 heterocycles. The van der Waals surface area contributed by atoms with Crippen molar-refractivity contribution < 1.29 is 9.59 Å². The zero-order valence-corrected chi connectivity index (χ0v) is 13.8. The van der Waals surface area contributed by atoms with Gasteiger partial charge in [0.05, 0.1) is 15.7 Å². The number of hydrogen-bond acceptors (Lipinski definition) is 2. The smallest absolute Gasteiger partial charge is 0.233 e. The fourth-order valence-corrected chi connectivity index (χ4v) is 2.29. The molecular formula is C15H20Cl2N2O2. The Hall–Kier alpha value is -1.26. The van der Waals surface area contributed by atoms with Gasteiger partial charge in [-0.1, -0.05) is 43.1 Å². The number of carbonyl (C=O) groups is 2. The van der Waals surface area contributed by atoms with E-state index in [-0.39, 0.29) is 23.3 Å². The van der Waals surface area contributed by atoms with E-state index in [0.717, 1.165) is 12.8 Å². The minimum atomic E-state index is -0.388. The molecule has 1 aromatic rings. The Bertz CT molecular complexity index is 500. The molecule has 6 heteroatoms. The molecule has 0 saturated carbocycles. The van der Waals surface area contributed by atoms with Gasteiger partial charge in [-0.25, -0.2) is 0 Å². The monoisotopic (exact) mass is 330 g/mol. The molecule has 0 saturated heterocycles. The van der Waals surface area contributed by atoms with E-state index >= 15 is 0 Å². The molecule has 0 radical (unpaired) electrons. The Labute approximate surface area is 135 Å². The van der Waals surface area contributed by atoms with Crippen molar-refractivity contribution in [2.45, 2.75) is 33.1 Å². The van der Waals surface area contributed by atoms with E-state index in [1.807, 2.05) is 13.8 Å². The van der Waals surface area contributed by atoms with Crippen molar-refractivity contribution in [2.24, 2.45) is 0 Å². The third-order valence-electron chi connectivity index (χ3n) is 2.88. The molecule has 0 aliphatic heterocycles. The highest BCUT2D eigenvalue weighted by molar-refractivity contribution is 6.44. The molecule has 1 rings (SSSR count). The van der Waals surface area contributed by atoms with Gasteiger partial charge in [0.25, 0.3) is 0 Å². The van der Waals surface area contributed by atoms with Gasteiger partial charge in [0.2, 0.25) is 11.8 Å². The molecule has 0 bridgehead atoms. The topological polar surface area (TPSA) is 49.4 Å². The normalized spacial score (nSPS) is 10.3. The van der Waals surface area contributed by atoms with Crippen LogP contribution in [-0.2, 0) is 9.59 Å². The number of rotatable bonds is 7. The molecular weight excluding hydrogens is 311 g/mol. The third-order valence-corrected chi connectivity index (χ3v) is 3.70. The summed E-state index contributed by atoms with van der Waals surface area (Å²) < 4.78 is 0. The minimum Gasteiger partial charge on any atom is -0.342 e. The van der Waals surface area contributed by atoms with Crippen molar-refractivity contribution in [1.29, 1.82) is 0 Å². The van der Waals surface area contributed by atoms with E-state index in [1.54, 1.807) is 23.1 Å². The first-order valence-electron chi connectivity index (χ1n) is 7.01. The lowest BCUT2D eigenvalue weighted by molar-refractivity contribution is -0.134. The second kappa shape index (κ2) is 8.90. The first-order chi connectivity index (χ1) is 9.99. The van der Waals surface area contributed by atoms with Gasteiger partial charge in [-0.3, -0.25) is 9.59 Å². The maximum Gasteiger partial charge on any atom is 0.233 e. The highest BCUT2D eigenvalue weighted by Gasteiger charge is 2.17. The van der Waals surface area contributed by atoms with Crippen LogP contribution in [0.4, 0.5) is 5.69 Å². The molecule has 0 spiro atoms.